The standard InChI is InChI=1S/C15H13N3/c16-11-17-12-18-15(13-7-3-1-4-8-13)14-9-5-2-6-10-14/h1-10,12,15H,(H,17,18). The van der Waals surface area contributed by atoms with E-state index < -0.39 is 0 Å². The zero-order chi connectivity index (χ0) is 12.6. The number of benzene rings is 2. The van der Waals surface area contributed by atoms with Crippen LogP contribution in [0.4, 0.5) is 0 Å². The quantitative estimate of drug-likeness (QED) is 0.503. The number of nitriles is 1. The minimum atomic E-state index is 0.00417. The van der Waals surface area contributed by atoms with Gasteiger partial charge in [0.15, 0.2) is 0 Å². The maximum absolute atomic E-state index is 8.43. The van der Waals surface area contributed by atoms with Gasteiger partial charge in [-0.2, -0.15) is 10.3 Å². The first-order chi connectivity index (χ1) is 8.92. The van der Waals surface area contributed by atoms with Gasteiger partial charge in [-0.1, -0.05) is 60.7 Å². The van der Waals surface area contributed by atoms with Crippen LogP contribution in [0.1, 0.15) is 17.2 Å². The monoisotopic (exact) mass is 235 g/mol. The maximum Gasteiger partial charge on any atom is 0.207 e. The zero-order valence-corrected chi connectivity index (χ0v) is 9.82. The van der Waals surface area contributed by atoms with E-state index in [0.29, 0.717) is 0 Å². The lowest BCUT2D eigenvalue weighted by atomic mass is 9.99. The summed E-state index contributed by atoms with van der Waals surface area (Å²) in [6, 6.07) is 20.1. The highest BCUT2D eigenvalue weighted by molar-refractivity contribution is 5.58. The Morgan fingerprint density at radius 1 is 0.944 bits per heavy atom. The highest BCUT2D eigenvalue weighted by Crippen LogP contribution is 2.20. The Labute approximate surface area is 106 Å². The van der Waals surface area contributed by atoms with Crippen molar-refractivity contribution < 1.29 is 0 Å². The van der Waals surface area contributed by atoms with E-state index in [-0.39, 0.29) is 6.04 Å². The van der Waals surface area contributed by atoms with Crippen molar-refractivity contribution in [3.05, 3.63) is 71.8 Å². The molecule has 2 aromatic rings. The number of aliphatic imine (C=N–C) groups is 1. The highest BCUT2D eigenvalue weighted by atomic mass is 15.0. The van der Waals surface area contributed by atoms with Crippen LogP contribution in [0.15, 0.2) is 65.7 Å². The van der Waals surface area contributed by atoms with E-state index in [1.807, 2.05) is 60.7 Å². The molecule has 0 atom stereocenters. The number of hydrogen-bond acceptors (Lipinski definition) is 2. The second-order valence-corrected chi connectivity index (χ2v) is 3.78. The van der Waals surface area contributed by atoms with Gasteiger partial charge in [0.1, 0.15) is 6.34 Å². The average molecular weight is 235 g/mol. The van der Waals surface area contributed by atoms with Crippen LogP contribution in [0.25, 0.3) is 0 Å². The van der Waals surface area contributed by atoms with E-state index in [9.17, 15) is 0 Å². The van der Waals surface area contributed by atoms with Crippen molar-refractivity contribution in [3.8, 4) is 6.19 Å². The van der Waals surface area contributed by atoms with Gasteiger partial charge in [-0.3, -0.25) is 0 Å². The molecule has 0 bridgehead atoms. The third kappa shape index (κ3) is 2.96. The first kappa shape index (κ1) is 11.9. The molecule has 0 aliphatic carbocycles. The Hall–Kier alpha value is -2.60. The molecule has 2 aromatic carbocycles. The number of nitrogens with one attached hydrogen (secondary N) is 1. The van der Waals surface area contributed by atoms with Crippen LogP contribution >= 0.6 is 0 Å². The topological polar surface area (TPSA) is 48.2 Å². The molecule has 2 rings (SSSR count). The normalized spacial score (nSPS) is 10.4. The van der Waals surface area contributed by atoms with Crippen molar-refractivity contribution in [1.82, 2.24) is 5.32 Å². The fraction of sp³-hybridized carbons (Fsp3) is 0.0667. The van der Waals surface area contributed by atoms with E-state index in [2.05, 4.69) is 10.3 Å². The molecule has 0 aliphatic heterocycles. The van der Waals surface area contributed by atoms with Gasteiger partial charge in [-0.05, 0) is 11.1 Å². The fourth-order valence-corrected chi connectivity index (χ4v) is 1.82. The van der Waals surface area contributed by atoms with E-state index in [4.69, 9.17) is 5.26 Å². The van der Waals surface area contributed by atoms with Gasteiger partial charge < -0.3 is 5.32 Å². The second kappa shape index (κ2) is 6.21. The van der Waals surface area contributed by atoms with Crippen LogP contribution in [0.2, 0.25) is 0 Å². The molecular formula is C15H13N3. The van der Waals surface area contributed by atoms with Crippen LogP contribution in [-0.4, -0.2) is 6.34 Å². The van der Waals surface area contributed by atoms with Crippen LogP contribution < -0.4 is 5.32 Å². The summed E-state index contributed by atoms with van der Waals surface area (Å²) in [5.41, 5.74) is 2.26. The van der Waals surface area contributed by atoms with Crippen molar-refractivity contribution in [1.29, 1.82) is 5.26 Å². The van der Waals surface area contributed by atoms with Gasteiger partial charge in [0.25, 0.3) is 0 Å². The molecule has 0 amide bonds. The van der Waals surface area contributed by atoms with Crippen LogP contribution in [0, 0.1) is 11.5 Å². The second-order valence-electron chi connectivity index (χ2n) is 3.78. The van der Waals surface area contributed by atoms with E-state index in [1.54, 1.807) is 6.19 Å². The summed E-state index contributed by atoms with van der Waals surface area (Å²) in [7, 11) is 0. The molecule has 88 valence electrons. The molecule has 0 radical (unpaired) electrons. The molecular weight excluding hydrogens is 222 g/mol. The van der Waals surface area contributed by atoms with E-state index in [0.717, 1.165) is 11.1 Å². The Morgan fingerprint density at radius 2 is 1.44 bits per heavy atom. The van der Waals surface area contributed by atoms with Gasteiger partial charge >= 0.3 is 0 Å². The molecule has 0 aliphatic rings. The molecule has 1 N–H and O–H groups in total. The number of rotatable bonds is 4. The third-order valence-corrected chi connectivity index (χ3v) is 2.63. The summed E-state index contributed by atoms with van der Waals surface area (Å²) < 4.78 is 0. The fourth-order valence-electron chi connectivity index (χ4n) is 1.82. The van der Waals surface area contributed by atoms with Gasteiger partial charge in [-0.25, -0.2) is 0 Å². The van der Waals surface area contributed by atoms with Gasteiger partial charge in [-0.15, -0.1) is 0 Å². The summed E-state index contributed by atoms with van der Waals surface area (Å²) in [4.78, 5) is 3.53. The Bertz CT molecular complexity index is 501. The molecule has 0 heterocycles. The molecule has 0 fully saturated rings. The van der Waals surface area contributed by atoms with Crippen molar-refractivity contribution >= 4 is 6.34 Å². The molecule has 0 saturated heterocycles. The summed E-state index contributed by atoms with van der Waals surface area (Å²) >= 11 is 0. The smallest absolute Gasteiger partial charge is 0.207 e. The molecule has 3 heteroatoms. The number of nitrogens with zero attached hydrogens (tertiary/aromatic N) is 2. The SMILES string of the molecule is N#C/N=C\NC(c1ccccc1)c1ccccc1. The van der Waals surface area contributed by atoms with Gasteiger partial charge in [0, 0.05) is 0 Å². The highest BCUT2D eigenvalue weighted by Gasteiger charge is 2.11. The summed E-state index contributed by atoms with van der Waals surface area (Å²) in [5.74, 6) is 0. The molecule has 3 nitrogen and oxygen atoms in total. The molecule has 0 unspecified atom stereocenters. The summed E-state index contributed by atoms with van der Waals surface area (Å²) in [6.45, 7) is 0. The summed E-state index contributed by atoms with van der Waals surface area (Å²) in [6.07, 6.45) is 3.17. The largest absolute Gasteiger partial charge is 0.364 e. The first-order valence-corrected chi connectivity index (χ1v) is 5.68. The third-order valence-electron chi connectivity index (χ3n) is 2.63. The minimum absolute atomic E-state index is 0.00417. The van der Waals surface area contributed by atoms with Crippen LogP contribution in [-0.2, 0) is 0 Å². The lowest BCUT2D eigenvalue weighted by Crippen LogP contribution is -2.20. The average Bonchev–Trinajstić information content (AvgIpc) is 2.46. The zero-order valence-electron chi connectivity index (χ0n) is 9.82. The maximum atomic E-state index is 8.43. The molecule has 0 saturated carbocycles. The lowest BCUT2D eigenvalue weighted by Gasteiger charge is -2.17. The minimum Gasteiger partial charge on any atom is -0.364 e. The number of hydrogen-bond donors (Lipinski definition) is 1. The Kier molecular flexibility index (Phi) is 4.10. The van der Waals surface area contributed by atoms with Gasteiger partial charge in [0.05, 0.1) is 6.04 Å². The lowest BCUT2D eigenvalue weighted by molar-refractivity contribution is 0.774. The summed E-state index contributed by atoms with van der Waals surface area (Å²) in [5, 5.41) is 11.6. The van der Waals surface area contributed by atoms with Crippen molar-refractivity contribution in [2.45, 2.75) is 6.04 Å². The van der Waals surface area contributed by atoms with E-state index >= 15 is 0 Å². The van der Waals surface area contributed by atoms with Crippen molar-refractivity contribution in [2.24, 2.45) is 4.99 Å². The molecule has 0 aromatic heterocycles. The van der Waals surface area contributed by atoms with Crippen LogP contribution in [0.3, 0.4) is 0 Å². The van der Waals surface area contributed by atoms with Gasteiger partial charge in [0.2, 0.25) is 6.19 Å². The first-order valence-electron chi connectivity index (χ1n) is 5.68. The van der Waals surface area contributed by atoms with E-state index in [1.165, 1.54) is 6.34 Å². The van der Waals surface area contributed by atoms with Crippen molar-refractivity contribution in [3.63, 3.8) is 0 Å². The van der Waals surface area contributed by atoms with Crippen LogP contribution in [0.5, 0.6) is 0 Å². The van der Waals surface area contributed by atoms with Crippen molar-refractivity contribution in [2.75, 3.05) is 0 Å². The predicted molar refractivity (Wildman–Crippen MR) is 72.0 cm³/mol. The Morgan fingerprint density at radius 3 is 1.89 bits per heavy atom. The molecule has 18 heavy (non-hydrogen) atoms. The Balaban J connectivity index is 2.30. The molecule has 0 spiro atoms. The predicted octanol–water partition coefficient (Wildman–Crippen LogP) is 2.87.